The fraction of sp³-hybridized carbons (Fsp3) is 0.263. The zero-order valence-electron chi connectivity index (χ0n) is 14.8. The van der Waals surface area contributed by atoms with Crippen molar-refractivity contribution in [3.8, 4) is 11.9 Å². The Hall–Kier alpha value is -2.89. The van der Waals surface area contributed by atoms with Crippen LogP contribution in [0.3, 0.4) is 0 Å². The van der Waals surface area contributed by atoms with Crippen LogP contribution in [0.25, 0.3) is 0 Å². The number of para-hydroxylation sites is 1. The number of likely N-dealkylation sites (tertiary alicyclic amines) is 1. The first-order valence-electron chi connectivity index (χ1n) is 8.76. The maximum absolute atomic E-state index is 12.4. The third-order valence-electron chi connectivity index (χ3n) is 4.52. The van der Waals surface area contributed by atoms with Gasteiger partial charge in [-0.1, -0.05) is 29.8 Å². The molecule has 2 aliphatic heterocycles. The van der Waals surface area contributed by atoms with E-state index in [4.69, 9.17) is 21.6 Å². The number of rotatable bonds is 3. The topological polar surface area (TPSA) is 81.3 Å². The summed E-state index contributed by atoms with van der Waals surface area (Å²) in [4.78, 5) is 18.9. The van der Waals surface area contributed by atoms with E-state index in [1.54, 1.807) is 24.4 Å². The van der Waals surface area contributed by atoms with Crippen LogP contribution >= 0.6 is 22.9 Å². The van der Waals surface area contributed by atoms with Crippen LogP contribution in [-0.4, -0.2) is 46.7 Å². The molecule has 142 valence electrons. The molecule has 7 nitrogen and oxygen atoms in total. The highest BCUT2D eigenvalue weighted by atomic mass is 35.5. The van der Waals surface area contributed by atoms with E-state index < -0.39 is 0 Å². The summed E-state index contributed by atoms with van der Waals surface area (Å²) < 4.78 is 6.43. The SMILES string of the molecule is N#CN=C(Oc1ccccc1)N1CC(N2CCCC2=O)C(c2ccc(Cl)s2)=N1. The molecule has 0 bridgehead atoms. The lowest BCUT2D eigenvalue weighted by Crippen LogP contribution is -2.44. The van der Waals surface area contributed by atoms with E-state index in [2.05, 4.69) is 10.1 Å². The number of hydrazone groups is 1. The molecular weight excluding hydrogens is 398 g/mol. The van der Waals surface area contributed by atoms with Crippen molar-refractivity contribution < 1.29 is 9.53 Å². The molecule has 0 radical (unpaired) electrons. The predicted octanol–water partition coefficient (Wildman–Crippen LogP) is 3.33. The van der Waals surface area contributed by atoms with Crippen LogP contribution in [0.2, 0.25) is 4.34 Å². The summed E-state index contributed by atoms with van der Waals surface area (Å²) >= 11 is 7.51. The van der Waals surface area contributed by atoms with Crippen LogP contribution in [0.1, 0.15) is 17.7 Å². The van der Waals surface area contributed by atoms with Crippen LogP contribution in [0, 0.1) is 11.5 Å². The number of nitriles is 1. The first-order valence-corrected chi connectivity index (χ1v) is 9.96. The number of aliphatic imine (C=N–C) groups is 1. The smallest absolute Gasteiger partial charge is 0.329 e. The lowest BCUT2D eigenvalue weighted by atomic mass is 10.1. The van der Waals surface area contributed by atoms with Gasteiger partial charge in [0.25, 0.3) is 0 Å². The number of halogens is 1. The Bertz CT molecular complexity index is 982. The van der Waals surface area contributed by atoms with E-state index >= 15 is 0 Å². The number of nitrogens with zero attached hydrogens (tertiary/aromatic N) is 5. The molecule has 1 aromatic carbocycles. The van der Waals surface area contributed by atoms with Gasteiger partial charge in [-0.3, -0.25) is 4.79 Å². The Morgan fingerprint density at radius 2 is 2.14 bits per heavy atom. The normalized spacial score (nSPS) is 19.7. The Morgan fingerprint density at radius 1 is 1.32 bits per heavy atom. The highest BCUT2D eigenvalue weighted by molar-refractivity contribution is 7.18. The van der Waals surface area contributed by atoms with E-state index in [9.17, 15) is 4.79 Å². The molecule has 0 aliphatic carbocycles. The second-order valence-electron chi connectivity index (χ2n) is 6.29. The number of amides is 1. The maximum atomic E-state index is 12.4. The van der Waals surface area contributed by atoms with Gasteiger partial charge >= 0.3 is 6.02 Å². The minimum Gasteiger partial charge on any atom is -0.424 e. The number of hydrogen-bond donors (Lipinski definition) is 0. The maximum Gasteiger partial charge on any atom is 0.329 e. The third-order valence-corrected chi connectivity index (χ3v) is 5.77. The molecule has 4 rings (SSSR count). The summed E-state index contributed by atoms with van der Waals surface area (Å²) in [6.45, 7) is 1.05. The molecule has 9 heteroatoms. The average molecular weight is 414 g/mol. The number of carbonyl (C=O) groups excluding carboxylic acids is 1. The molecule has 1 aromatic heterocycles. The Kier molecular flexibility index (Phi) is 5.28. The van der Waals surface area contributed by atoms with Crippen LogP contribution in [0.5, 0.6) is 5.75 Å². The lowest BCUT2D eigenvalue weighted by molar-refractivity contribution is -0.128. The molecule has 28 heavy (non-hydrogen) atoms. The van der Waals surface area contributed by atoms with E-state index in [0.717, 1.165) is 17.0 Å². The predicted molar refractivity (Wildman–Crippen MR) is 107 cm³/mol. The molecule has 1 amide bonds. The summed E-state index contributed by atoms with van der Waals surface area (Å²) in [6, 6.07) is 12.6. The van der Waals surface area contributed by atoms with Crippen molar-refractivity contribution in [3.63, 3.8) is 0 Å². The second kappa shape index (κ2) is 8.00. The summed E-state index contributed by atoms with van der Waals surface area (Å²) in [5.74, 6) is 0.651. The minimum atomic E-state index is -0.243. The number of amidine groups is 1. The van der Waals surface area contributed by atoms with Gasteiger partial charge in [0.2, 0.25) is 12.1 Å². The molecule has 1 fully saturated rings. The molecule has 0 spiro atoms. The number of carbonyl (C=O) groups is 1. The highest BCUT2D eigenvalue weighted by Gasteiger charge is 2.39. The summed E-state index contributed by atoms with van der Waals surface area (Å²) in [5, 5.41) is 15.3. The molecule has 1 saturated heterocycles. The van der Waals surface area contributed by atoms with Crippen molar-refractivity contribution in [2.75, 3.05) is 13.1 Å². The van der Waals surface area contributed by atoms with E-state index in [-0.39, 0.29) is 18.0 Å². The zero-order valence-corrected chi connectivity index (χ0v) is 16.4. The van der Waals surface area contributed by atoms with Crippen molar-refractivity contribution >= 4 is 40.6 Å². The van der Waals surface area contributed by atoms with Gasteiger partial charge in [-0.2, -0.15) is 10.4 Å². The number of thiophene rings is 1. The van der Waals surface area contributed by atoms with E-state index in [0.29, 0.717) is 29.6 Å². The van der Waals surface area contributed by atoms with Crippen molar-refractivity contribution in [2.45, 2.75) is 18.9 Å². The number of hydrogen-bond acceptors (Lipinski definition) is 6. The third kappa shape index (κ3) is 3.72. The summed E-state index contributed by atoms with van der Waals surface area (Å²) in [7, 11) is 0. The minimum absolute atomic E-state index is 0.0722. The second-order valence-corrected chi connectivity index (χ2v) is 8.00. The molecule has 1 atom stereocenters. The monoisotopic (exact) mass is 413 g/mol. The van der Waals surface area contributed by atoms with E-state index in [1.807, 2.05) is 29.2 Å². The molecule has 3 heterocycles. The van der Waals surface area contributed by atoms with Crippen LogP contribution in [-0.2, 0) is 4.79 Å². The molecule has 1 unspecified atom stereocenters. The van der Waals surface area contributed by atoms with Gasteiger partial charge in [-0.25, -0.2) is 5.01 Å². The van der Waals surface area contributed by atoms with Crippen LogP contribution in [0.4, 0.5) is 0 Å². The standard InChI is InChI=1S/C19H16ClN5O2S/c20-16-9-8-15(28-16)18-14(24-10-4-7-17(24)26)11-25(23-18)19(22-12-21)27-13-5-2-1-3-6-13/h1-3,5-6,8-9,14H,4,7,10-11H2. The first kappa shape index (κ1) is 18.5. The lowest BCUT2D eigenvalue weighted by Gasteiger charge is -2.25. The number of ether oxygens (including phenoxy) is 1. The molecular formula is C19H16ClN5O2S. The fourth-order valence-electron chi connectivity index (χ4n) is 3.29. The van der Waals surface area contributed by atoms with Gasteiger partial charge in [0.15, 0.2) is 0 Å². The summed E-state index contributed by atoms with van der Waals surface area (Å²) in [6.07, 6.45) is 3.13. The Labute approximate surface area is 171 Å². The average Bonchev–Trinajstić information content (AvgIpc) is 3.41. The van der Waals surface area contributed by atoms with Gasteiger partial charge < -0.3 is 9.64 Å². The molecule has 0 N–H and O–H groups in total. The first-order chi connectivity index (χ1) is 13.7. The molecule has 2 aliphatic rings. The molecule has 2 aromatic rings. The fourth-order valence-corrected chi connectivity index (χ4v) is 4.36. The van der Waals surface area contributed by atoms with Crippen molar-refractivity contribution in [3.05, 3.63) is 51.7 Å². The van der Waals surface area contributed by atoms with Gasteiger partial charge in [0.05, 0.1) is 21.8 Å². The van der Waals surface area contributed by atoms with Crippen LogP contribution in [0.15, 0.2) is 52.6 Å². The zero-order chi connectivity index (χ0) is 19.5. The highest BCUT2D eigenvalue weighted by Crippen LogP contribution is 2.29. The quantitative estimate of drug-likeness (QED) is 0.439. The summed E-state index contributed by atoms with van der Waals surface area (Å²) in [5.41, 5.74) is 0.731. The van der Waals surface area contributed by atoms with Gasteiger partial charge in [-0.15, -0.1) is 16.3 Å². The van der Waals surface area contributed by atoms with E-state index in [1.165, 1.54) is 16.3 Å². The van der Waals surface area contributed by atoms with Gasteiger partial charge in [-0.05, 0) is 30.7 Å². The van der Waals surface area contributed by atoms with Crippen molar-refractivity contribution in [1.82, 2.24) is 9.91 Å². The van der Waals surface area contributed by atoms with Gasteiger partial charge in [0.1, 0.15) is 11.5 Å². The van der Waals surface area contributed by atoms with Crippen molar-refractivity contribution in [2.24, 2.45) is 10.1 Å². The number of benzene rings is 1. The largest absolute Gasteiger partial charge is 0.424 e. The Balaban J connectivity index is 1.66. The molecule has 0 saturated carbocycles. The van der Waals surface area contributed by atoms with Crippen LogP contribution < -0.4 is 4.74 Å². The Morgan fingerprint density at radius 3 is 2.79 bits per heavy atom. The van der Waals surface area contributed by atoms with Gasteiger partial charge in [0, 0.05) is 13.0 Å². The van der Waals surface area contributed by atoms with Crippen molar-refractivity contribution in [1.29, 1.82) is 5.26 Å².